The van der Waals surface area contributed by atoms with Crippen molar-refractivity contribution in [3.63, 3.8) is 0 Å². The summed E-state index contributed by atoms with van der Waals surface area (Å²) in [5.74, 6) is 1.49. The number of aryl methyl sites for hydroxylation is 1. The van der Waals surface area contributed by atoms with E-state index in [0.717, 1.165) is 48.9 Å². The second-order valence-corrected chi connectivity index (χ2v) is 7.45. The normalized spacial score (nSPS) is 14.3. The minimum atomic E-state index is -0.0556. The number of carbonyl (C=O) groups excluding carboxylic acids is 1. The Labute approximate surface area is 182 Å². The molecule has 1 N–H and O–H groups in total. The van der Waals surface area contributed by atoms with Gasteiger partial charge in [-0.15, -0.1) is 0 Å². The average Bonchev–Trinajstić information content (AvgIpc) is 3.06. The number of benzene rings is 2. The third-order valence-electron chi connectivity index (χ3n) is 5.27. The van der Waals surface area contributed by atoms with Crippen LogP contribution in [0.2, 0.25) is 0 Å². The Morgan fingerprint density at radius 3 is 2.68 bits per heavy atom. The van der Waals surface area contributed by atoms with Crippen LogP contribution in [0, 0.1) is 6.92 Å². The first kappa shape index (κ1) is 20.7. The minimum Gasteiger partial charge on any atom is -0.492 e. The Bertz CT molecular complexity index is 1020. The van der Waals surface area contributed by atoms with Crippen molar-refractivity contribution < 1.29 is 9.53 Å². The predicted octanol–water partition coefficient (Wildman–Crippen LogP) is 3.72. The number of aromatic nitrogens is 3. The molecule has 162 valence electrons. The predicted molar refractivity (Wildman–Crippen MR) is 121 cm³/mol. The molecule has 0 saturated carbocycles. The molecule has 0 aliphatic carbocycles. The van der Waals surface area contributed by atoms with Crippen LogP contribution in [0.25, 0.3) is 5.69 Å². The number of ether oxygens (including phenoxy) is 1. The summed E-state index contributed by atoms with van der Waals surface area (Å²) in [4.78, 5) is 21.1. The monoisotopic (exact) mass is 420 g/mol. The molecule has 1 aliphatic heterocycles. The van der Waals surface area contributed by atoms with Gasteiger partial charge in [-0.2, -0.15) is 5.10 Å². The smallest absolute Gasteiger partial charge is 0.321 e. The van der Waals surface area contributed by atoms with Crippen LogP contribution in [0.4, 0.5) is 16.2 Å². The molecule has 4 rings (SSSR count). The Balaban J connectivity index is 1.46. The summed E-state index contributed by atoms with van der Waals surface area (Å²) >= 11 is 0. The average molecular weight is 421 g/mol. The summed E-state index contributed by atoms with van der Waals surface area (Å²) in [6.45, 7) is 7.42. The number of nitrogens with one attached hydrogen (secondary N) is 1. The van der Waals surface area contributed by atoms with Crippen molar-refractivity contribution in [3.05, 3.63) is 60.7 Å². The zero-order chi connectivity index (χ0) is 21.6. The number of hydrogen-bond acceptors (Lipinski definition) is 5. The van der Waals surface area contributed by atoms with Crippen LogP contribution in [0.1, 0.15) is 19.2 Å². The highest BCUT2D eigenvalue weighted by Crippen LogP contribution is 2.29. The van der Waals surface area contributed by atoms with E-state index >= 15 is 0 Å². The molecule has 0 radical (unpaired) electrons. The number of hydrogen-bond donors (Lipinski definition) is 1. The molecular formula is C23H28N6O2. The van der Waals surface area contributed by atoms with Gasteiger partial charge in [0.1, 0.15) is 23.6 Å². The van der Waals surface area contributed by atoms with E-state index in [1.54, 1.807) is 11.0 Å². The molecule has 0 atom stereocenters. The van der Waals surface area contributed by atoms with Crippen molar-refractivity contribution in [3.8, 4) is 11.4 Å². The molecule has 0 unspecified atom stereocenters. The van der Waals surface area contributed by atoms with Crippen LogP contribution < -0.4 is 15.0 Å². The summed E-state index contributed by atoms with van der Waals surface area (Å²) in [7, 11) is 0. The second kappa shape index (κ2) is 9.51. The molecule has 2 heterocycles. The van der Waals surface area contributed by atoms with Gasteiger partial charge in [-0.3, -0.25) is 0 Å². The van der Waals surface area contributed by atoms with Crippen LogP contribution in [0.15, 0.2) is 54.9 Å². The highest BCUT2D eigenvalue weighted by Gasteiger charge is 2.20. The van der Waals surface area contributed by atoms with Crippen molar-refractivity contribution in [1.29, 1.82) is 0 Å². The van der Waals surface area contributed by atoms with Crippen molar-refractivity contribution in [2.75, 3.05) is 43.0 Å². The molecule has 3 aromatic rings. The minimum absolute atomic E-state index is 0.0556. The van der Waals surface area contributed by atoms with Crippen molar-refractivity contribution in [2.45, 2.75) is 20.3 Å². The first-order chi connectivity index (χ1) is 15.1. The van der Waals surface area contributed by atoms with E-state index in [1.807, 2.05) is 55.1 Å². The maximum atomic E-state index is 12.7. The van der Waals surface area contributed by atoms with E-state index in [1.165, 1.54) is 0 Å². The van der Waals surface area contributed by atoms with Gasteiger partial charge in [0.2, 0.25) is 0 Å². The molecule has 1 aromatic heterocycles. The van der Waals surface area contributed by atoms with E-state index in [-0.39, 0.29) is 6.03 Å². The van der Waals surface area contributed by atoms with Crippen molar-refractivity contribution >= 4 is 17.4 Å². The summed E-state index contributed by atoms with van der Waals surface area (Å²) in [6.07, 6.45) is 2.60. The standard InChI is InChI=1S/C23H28N6O2/c1-3-31-22-16-20(10-11-21(22)29-17-24-18(2)26-29)27-12-7-13-28(15-14-27)23(30)25-19-8-5-4-6-9-19/h4-6,8-11,16-17H,3,7,12-15H2,1-2H3,(H,25,30). The summed E-state index contributed by atoms with van der Waals surface area (Å²) in [5.41, 5.74) is 2.76. The van der Waals surface area contributed by atoms with Crippen LogP contribution >= 0.6 is 0 Å². The van der Waals surface area contributed by atoms with Crippen LogP contribution in [0.5, 0.6) is 5.75 Å². The van der Waals surface area contributed by atoms with Gasteiger partial charge in [-0.05, 0) is 44.5 Å². The number of amides is 2. The first-order valence-electron chi connectivity index (χ1n) is 10.7. The van der Waals surface area contributed by atoms with Crippen LogP contribution in [0.3, 0.4) is 0 Å². The van der Waals surface area contributed by atoms with Gasteiger partial charge in [0.05, 0.1) is 6.61 Å². The number of para-hydroxylation sites is 1. The molecule has 2 aromatic carbocycles. The lowest BCUT2D eigenvalue weighted by atomic mass is 10.2. The van der Waals surface area contributed by atoms with Gasteiger partial charge in [0, 0.05) is 43.6 Å². The maximum absolute atomic E-state index is 12.7. The Kier molecular flexibility index (Phi) is 6.35. The van der Waals surface area contributed by atoms with Gasteiger partial charge in [-0.25, -0.2) is 14.5 Å². The SMILES string of the molecule is CCOc1cc(N2CCCN(C(=O)Nc3ccccc3)CC2)ccc1-n1cnc(C)n1. The van der Waals surface area contributed by atoms with Gasteiger partial charge in [0.25, 0.3) is 0 Å². The molecule has 31 heavy (non-hydrogen) atoms. The maximum Gasteiger partial charge on any atom is 0.321 e. The molecule has 0 bridgehead atoms. The van der Waals surface area contributed by atoms with E-state index < -0.39 is 0 Å². The highest BCUT2D eigenvalue weighted by atomic mass is 16.5. The molecule has 8 heteroatoms. The Morgan fingerprint density at radius 1 is 1.10 bits per heavy atom. The van der Waals surface area contributed by atoms with Crippen molar-refractivity contribution in [2.24, 2.45) is 0 Å². The lowest BCUT2D eigenvalue weighted by Gasteiger charge is -2.25. The summed E-state index contributed by atoms with van der Waals surface area (Å²) < 4.78 is 7.64. The topological polar surface area (TPSA) is 75.5 Å². The van der Waals surface area contributed by atoms with Crippen LogP contribution in [-0.2, 0) is 0 Å². The lowest BCUT2D eigenvalue weighted by molar-refractivity contribution is 0.215. The number of anilines is 2. The Hall–Kier alpha value is -3.55. The number of rotatable bonds is 5. The van der Waals surface area contributed by atoms with Gasteiger partial charge < -0.3 is 19.9 Å². The van der Waals surface area contributed by atoms with Gasteiger partial charge in [-0.1, -0.05) is 18.2 Å². The Morgan fingerprint density at radius 2 is 1.94 bits per heavy atom. The molecule has 1 saturated heterocycles. The number of urea groups is 1. The third kappa shape index (κ3) is 4.96. The summed E-state index contributed by atoms with van der Waals surface area (Å²) in [6, 6.07) is 15.7. The van der Waals surface area contributed by atoms with E-state index in [9.17, 15) is 4.79 Å². The fourth-order valence-electron chi connectivity index (χ4n) is 3.72. The second-order valence-electron chi connectivity index (χ2n) is 7.45. The molecule has 2 amide bonds. The van der Waals surface area contributed by atoms with Gasteiger partial charge in [0.15, 0.2) is 0 Å². The first-order valence-corrected chi connectivity index (χ1v) is 10.7. The zero-order valence-corrected chi connectivity index (χ0v) is 18.0. The molecule has 1 fully saturated rings. The molecule has 0 spiro atoms. The summed E-state index contributed by atoms with van der Waals surface area (Å²) in [5, 5.41) is 7.39. The zero-order valence-electron chi connectivity index (χ0n) is 18.0. The largest absolute Gasteiger partial charge is 0.492 e. The van der Waals surface area contributed by atoms with E-state index in [2.05, 4.69) is 32.4 Å². The van der Waals surface area contributed by atoms with Crippen LogP contribution in [-0.4, -0.2) is 58.5 Å². The third-order valence-corrected chi connectivity index (χ3v) is 5.27. The number of carbonyl (C=O) groups is 1. The molecule has 8 nitrogen and oxygen atoms in total. The molecule has 1 aliphatic rings. The molecular weight excluding hydrogens is 392 g/mol. The number of nitrogens with zero attached hydrogens (tertiary/aromatic N) is 5. The fraction of sp³-hybridized carbons (Fsp3) is 0.348. The van der Waals surface area contributed by atoms with E-state index in [0.29, 0.717) is 19.0 Å². The lowest BCUT2D eigenvalue weighted by Crippen LogP contribution is -2.38. The quantitative estimate of drug-likeness (QED) is 0.681. The van der Waals surface area contributed by atoms with Gasteiger partial charge >= 0.3 is 6.03 Å². The fourth-order valence-corrected chi connectivity index (χ4v) is 3.72. The highest BCUT2D eigenvalue weighted by molar-refractivity contribution is 5.89. The van der Waals surface area contributed by atoms with Crippen molar-refractivity contribution in [1.82, 2.24) is 19.7 Å². The van der Waals surface area contributed by atoms with E-state index in [4.69, 9.17) is 4.74 Å².